The van der Waals surface area contributed by atoms with Crippen molar-refractivity contribution in [2.45, 2.75) is 12.8 Å². The van der Waals surface area contributed by atoms with Gasteiger partial charge in [-0.2, -0.15) is 0 Å². The van der Waals surface area contributed by atoms with E-state index in [1.165, 1.54) is 0 Å². The molecule has 50 valence electrons. The van der Waals surface area contributed by atoms with Gasteiger partial charge in [0.15, 0.2) is 0 Å². The molecule has 4 heteroatoms. The minimum atomic E-state index is -1.10. The van der Waals surface area contributed by atoms with Crippen molar-refractivity contribution in [3.8, 4) is 0 Å². The second-order valence-corrected chi connectivity index (χ2v) is 1.97. The molecule has 1 N–H and O–H groups in total. The van der Waals surface area contributed by atoms with Gasteiger partial charge in [0.25, 0.3) is 0 Å². The van der Waals surface area contributed by atoms with E-state index in [9.17, 15) is 9.90 Å². The zero-order valence-corrected chi connectivity index (χ0v) is 8.02. The molecule has 0 unspecified atom stereocenters. The molecule has 0 aromatic heterocycles. The molecule has 1 aliphatic rings. The summed E-state index contributed by atoms with van der Waals surface area (Å²) in [6.45, 7) is 0.750. The van der Waals surface area contributed by atoms with Crippen molar-refractivity contribution >= 4 is 5.97 Å². The second kappa shape index (κ2) is 4.77. The predicted octanol–water partition coefficient (Wildman–Crippen LogP) is -3.99. The van der Waals surface area contributed by atoms with Gasteiger partial charge < -0.3 is 15.2 Å². The zero-order chi connectivity index (χ0) is 6.69. The smallest absolute Gasteiger partial charge is 0.543 e. The summed E-state index contributed by atoms with van der Waals surface area (Å²) in [5.41, 5.74) is 0.237. The second-order valence-electron chi connectivity index (χ2n) is 1.97. The molecule has 10 heavy (non-hydrogen) atoms. The van der Waals surface area contributed by atoms with E-state index in [4.69, 9.17) is 0 Å². The van der Waals surface area contributed by atoms with Crippen molar-refractivity contribution in [2.75, 3.05) is 6.54 Å². The van der Waals surface area contributed by atoms with Crippen LogP contribution < -0.4 is 40.0 Å². The molecule has 0 saturated carbocycles. The van der Waals surface area contributed by atoms with Crippen LogP contribution in [-0.4, -0.2) is 12.5 Å². The molecule has 0 aliphatic carbocycles. The molecule has 0 bridgehead atoms. The first-order valence-electron chi connectivity index (χ1n) is 2.96. The summed E-state index contributed by atoms with van der Waals surface area (Å²) in [7, 11) is 0. The molecule has 0 saturated heterocycles. The average molecular weight is 149 g/mol. The van der Waals surface area contributed by atoms with E-state index in [2.05, 4.69) is 5.32 Å². The third kappa shape index (κ3) is 2.73. The van der Waals surface area contributed by atoms with Crippen molar-refractivity contribution in [3.63, 3.8) is 0 Å². The van der Waals surface area contributed by atoms with Gasteiger partial charge in [-0.15, -0.1) is 0 Å². The Morgan fingerprint density at radius 2 is 2.40 bits per heavy atom. The Labute approximate surface area is 81.8 Å². The molecule has 1 rings (SSSR count). The third-order valence-electron chi connectivity index (χ3n) is 1.26. The first-order chi connectivity index (χ1) is 4.30. The van der Waals surface area contributed by atoms with Crippen LogP contribution in [0.15, 0.2) is 11.8 Å². The van der Waals surface area contributed by atoms with Gasteiger partial charge in [-0.1, -0.05) is 6.08 Å². The molecular weight excluding hydrogens is 141 g/mol. The fourth-order valence-electron chi connectivity index (χ4n) is 0.799. The van der Waals surface area contributed by atoms with Crippen molar-refractivity contribution in [1.29, 1.82) is 0 Å². The Balaban J connectivity index is 0.000000810. The first-order valence-corrected chi connectivity index (χ1v) is 2.96. The van der Waals surface area contributed by atoms with Crippen molar-refractivity contribution < 1.29 is 39.5 Å². The summed E-state index contributed by atoms with van der Waals surface area (Å²) in [6.07, 6.45) is 3.51. The van der Waals surface area contributed by atoms with E-state index in [1.807, 2.05) is 0 Å². The summed E-state index contributed by atoms with van der Waals surface area (Å²) < 4.78 is 0. The van der Waals surface area contributed by atoms with Gasteiger partial charge in [-0.05, 0) is 12.8 Å². The van der Waals surface area contributed by atoms with Crippen LogP contribution in [0.3, 0.4) is 0 Å². The van der Waals surface area contributed by atoms with Crippen LogP contribution in [0.2, 0.25) is 0 Å². The van der Waals surface area contributed by atoms with Crippen molar-refractivity contribution in [2.24, 2.45) is 0 Å². The van der Waals surface area contributed by atoms with E-state index < -0.39 is 5.97 Å². The van der Waals surface area contributed by atoms with Crippen LogP contribution in [0.25, 0.3) is 0 Å². The van der Waals surface area contributed by atoms with E-state index in [1.54, 1.807) is 6.08 Å². The van der Waals surface area contributed by atoms with Crippen LogP contribution >= 0.6 is 0 Å². The number of aliphatic carboxylic acids is 1. The Morgan fingerprint density at radius 3 is 2.70 bits per heavy atom. The molecule has 0 radical (unpaired) electrons. The molecule has 0 aromatic rings. The number of hydrogen-bond acceptors (Lipinski definition) is 3. The fraction of sp³-hybridized carbons (Fsp3) is 0.500. The topological polar surface area (TPSA) is 52.2 Å². The molecular formula is C6H8NNaO2. The minimum absolute atomic E-state index is 0. The fourth-order valence-corrected chi connectivity index (χ4v) is 0.799. The normalized spacial score (nSPS) is 16.2. The monoisotopic (exact) mass is 149 g/mol. The van der Waals surface area contributed by atoms with E-state index >= 15 is 0 Å². The van der Waals surface area contributed by atoms with Gasteiger partial charge in [0, 0.05) is 6.54 Å². The van der Waals surface area contributed by atoms with Crippen molar-refractivity contribution in [1.82, 2.24) is 5.32 Å². The van der Waals surface area contributed by atoms with Gasteiger partial charge in [-0.25, -0.2) is 0 Å². The summed E-state index contributed by atoms with van der Waals surface area (Å²) >= 11 is 0. The number of carboxylic acid groups (broad SMARTS) is 1. The van der Waals surface area contributed by atoms with Crippen LogP contribution in [0.4, 0.5) is 0 Å². The maximum Gasteiger partial charge on any atom is 1.00 e. The number of carboxylic acids is 1. The number of allylic oxidation sites excluding steroid dienone is 1. The molecule has 3 nitrogen and oxygen atoms in total. The van der Waals surface area contributed by atoms with Gasteiger partial charge in [0.05, 0.1) is 11.7 Å². The summed E-state index contributed by atoms with van der Waals surface area (Å²) in [5.74, 6) is -1.10. The van der Waals surface area contributed by atoms with Crippen LogP contribution in [-0.2, 0) is 4.79 Å². The Kier molecular flexibility index (Phi) is 4.77. The number of hydrogen-bond donors (Lipinski definition) is 1. The van der Waals surface area contributed by atoms with Gasteiger partial charge in [0.1, 0.15) is 0 Å². The van der Waals surface area contributed by atoms with Gasteiger partial charge >= 0.3 is 29.6 Å². The molecule has 1 heterocycles. The predicted molar refractivity (Wildman–Crippen MR) is 30.3 cm³/mol. The Hall–Kier alpha value is 0.0100. The maximum absolute atomic E-state index is 10.1. The van der Waals surface area contributed by atoms with Crippen LogP contribution in [0.5, 0.6) is 0 Å². The minimum Gasteiger partial charge on any atom is -0.543 e. The SMILES string of the molecule is O=C([O-])C1=CCCCN1.[Na+]. The molecule has 0 aromatic carbocycles. The molecule has 0 fully saturated rings. The molecule has 0 spiro atoms. The Morgan fingerprint density at radius 1 is 1.70 bits per heavy atom. The van der Waals surface area contributed by atoms with E-state index in [0.717, 1.165) is 19.4 Å². The number of nitrogens with one attached hydrogen (secondary N) is 1. The van der Waals surface area contributed by atoms with Crippen molar-refractivity contribution in [3.05, 3.63) is 11.8 Å². The van der Waals surface area contributed by atoms with Crippen LogP contribution in [0, 0.1) is 0 Å². The Bertz CT molecular complexity index is 156. The van der Waals surface area contributed by atoms with E-state index in [-0.39, 0.29) is 35.3 Å². The zero-order valence-electron chi connectivity index (χ0n) is 6.02. The molecule has 1 aliphatic heterocycles. The third-order valence-corrected chi connectivity index (χ3v) is 1.26. The standard InChI is InChI=1S/C6H9NO2.Na/c8-6(9)5-3-1-2-4-7-5;/h3,7H,1-2,4H2,(H,8,9);/q;+1/p-1. The quantitative estimate of drug-likeness (QED) is 0.387. The molecule has 0 amide bonds. The van der Waals surface area contributed by atoms with Gasteiger partial charge in [-0.3, -0.25) is 0 Å². The summed E-state index contributed by atoms with van der Waals surface area (Å²) in [6, 6.07) is 0. The number of rotatable bonds is 1. The van der Waals surface area contributed by atoms with Gasteiger partial charge in [0.2, 0.25) is 0 Å². The van der Waals surface area contributed by atoms with Crippen LogP contribution in [0.1, 0.15) is 12.8 Å². The molecule has 0 atom stereocenters. The average Bonchev–Trinajstić information content (AvgIpc) is 1.90. The largest absolute Gasteiger partial charge is 1.00 e. The first kappa shape index (κ1) is 10.0. The number of carbonyl (C=O) groups is 1. The van der Waals surface area contributed by atoms with E-state index in [0.29, 0.717) is 0 Å². The maximum atomic E-state index is 10.1. The number of carbonyl (C=O) groups excluding carboxylic acids is 1. The summed E-state index contributed by atoms with van der Waals surface area (Å²) in [5, 5.41) is 12.8. The summed E-state index contributed by atoms with van der Waals surface area (Å²) in [4.78, 5) is 10.1.